The molecule has 3 aromatic rings. The number of anilines is 1. The Bertz CT molecular complexity index is 1010. The summed E-state index contributed by atoms with van der Waals surface area (Å²) in [4.78, 5) is 12.0. The Kier molecular flexibility index (Phi) is 7.11. The van der Waals surface area contributed by atoms with E-state index in [1.54, 1.807) is 6.21 Å². The van der Waals surface area contributed by atoms with Crippen LogP contribution < -0.4 is 10.7 Å². The predicted octanol–water partition coefficient (Wildman–Crippen LogP) is 4.87. The molecule has 28 heavy (non-hydrogen) atoms. The number of carbonyl (C=O) groups excluding carboxylic acids is 1. The lowest BCUT2D eigenvalue weighted by Crippen LogP contribution is -2.25. The van der Waals surface area contributed by atoms with Gasteiger partial charge >= 0.3 is 0 Å². The highest BCUT2D eigenvalue weighted by Crippen LogP contribution is 2.23. The molecule has 5 nitrogen and oxygen atoms in total. The molecule has 0 bridgehead atoms. The average molecular weight is 598 g/mol. The van der Waals surface area contributed by atoms with E-state index < -0.39 is 0 Å². The van der Waals surface area contributed by atoms with Crippen molar-refractivity contribution in [3.8, 4) is 5.69 Å². The molecule has 2 N–H and O–H groups in total. The summed E-state index contributed by atoms with van der Waals surface area (Å²) in [5, 5.41) is 7.20. The molecule has 7 heteroatoms. The smallest absolute Gasteiger partial charge is 0.259 e. The highest BCUT2D eigenvalue weighted by atomic mass is 127. The van der Waals surface area contributed by atoms with Crippen LogP contribution in [0, 0.1) is 21.0 Å². The number of para-hydroxylation sites is 1. The summed E-state index contributed by atoms with van der Waals surface area (Å²) < 4.78 is 4.53. The first-order chi connectivity index (χ1) is 13.5. The zero-order valence-electron chi connectivity index (χ0n) is 15.5. The van der Waals surface area contributed by atoms with Gasteiger partial charge in [-0.05, 0) is 101 Å². The fourth-order valence-corrected chi connectivity index (χ4v) is 3.87. The van der Waals surface area contributed by atoms with Crippen molar-refractivity contribution in [3.05, 3.63) is 78.7 Å². The van der Waals surface area contributed by atoms with Crippen LogP contribution in [0.3, 0.4) is 0 Å². The van der Waals surface area contributed by atoms with E-state index in [1.165, 1.54) is 3.57 Å². The van der Waals surface area contributed by atoms with Crippen LogP contribution in [-0.4, -0.2) is 23.2 Å². The highest BCUT2D eigenvalue weighted by molar-refractivity contribution is 14.1. The van der Waals surface area contributed by atoms with E-state index in [2.05, 4.69) is 97.6 Å². The van der Waals surface area contributed by atoms with Gasteiger partial charge in [-0.2, -0.15) is 5.10 Å². The first-order valence-corrected chi connectivity index (χ1v) is 10.9. The van der Waals surface area contributed by atoms with Gasteiger partial charge in [-0.15, -0.1) is 0 Å². The van der Waals surface area contributed by atoms with Gasteiger partial charge in [-0.1, -0.05) is 12.1 Å². The summed E-state index contributed by atoms with van der Waals surface area (Å²) in [5.74, 6) is -0.193. The first kappa shape index (κ1) is 20.8. The number of hydrogen-bond donors (Lipinski definition) is 2. The number of nitrogens with zero attached hydrogens (tertiary/aromatic N) is 2. The Hall–Kier alpha value is -1.88. The van der Waals surface area contributed by atoms with Crippen LogP contribution >= 0.6 is 45.2 Å². The molecular formula is C21H20I2N4O. The fourth-order valence-electron chi connectivity index (χ4n) is 2.89. The number of nitrogens with one attached hydrogen (secondary N) is 2. The molecule has 1 amide bonds. The van der Waals surface area contributed by atoms with Crippen LogP contribution in [0.5, 0.6) is 0 Å². The van der Waals surface area contributed by atoms with E-state index >= 15 is 0 Å². The number of benzene rings is 2. The van der Waals surface area contributed by atoms with Gasteiger partial charge < -0.3 is 9.88 Å². The lowest BCUT2D eigenvalue weighted by molar-refractivity contribution is -0.119. The molecule has 1 aromatic heterocycles. The van der Waals surface area contributed by atoms with Crippen molar-refractivity contribution >= 4 is 63.0 Å². The largest absolute Gasteiger partial charge is 0.376 e. The standard InChI is InChI=1S/C21H20I2N4O/c1-14-11-16(15(2)27(14)20-6-4-3-5-19(20)23)12-25-26-21(28)13-24-18-9-7-17(22)8-10-18/h3-12,24H,13H2,1-2H3,(H,26,28)/b25-12-. The van der Waals surface area contributed by atoms with Gasteiger partial charge in [0.05, 0.1) is 18.4 Å². The number of aryl methyl sites for hydroxylation is 1. The van der Waals surface area contributed by atoms with Crippen molar-refractivity contribution < 1.29 is 4.79 Å². The van der Waals surface area contributed by atoms with Crippen molar-refractivity contribution in [2.75, 3.05) is 11.9 Å². The molecule has 0 fully saturated rings. The van der Waals surface area contributed by atoms with Gasteiger partial charge in [0.25, 0.3) is 5.91 Å². The van der Waals surface area contributed by atoms with Gasteiger partial charge in [-0.25, -0.2) is 5.43 Å². The molecule has 144 valence electrons. The maximum atomic E-state index is 12.0. The second kappa shape index (κ2) is 9.55. The normalized spacial score (nSPS) is 11.0. The Labute approximate surface area is 191 Å². The summed E-state index contributed by atoms with van der Waals surface area (Å²) in [6.45, 7) is 4.29. The van der Waals surface area contributed by atoms with Crippen molar-refractivity contribution in [3.63, 3.8) is 0 Å². The molecule has 0 unspecified atom stereocenters. The summed E-state index contributed by atoms with van der Waals surface area (Å²) in [7, 11) is 0. The number of aromatic nitrogens is 1. The third-order valence-corrected chi connectivity index (χ3v) is 5.89. The third kappa shape index (κ3) is 5.13. The monoisotopic (exact) mass is 598 g/mol. The van der Waals surface area contributed by atoms with Crippen LogP contribution in [0.1, 0.15) is 17.0 Å². The van der Waals surface area contributed by atoms with Gasteiger partial charge in [0.2, 0.25) is 0 Å². The van der Waals surface area contributed by atoms with E-state index in [0.717, 1.165) is 31.9 Å². The van der Waals surface area contributed by atoms with Gasteiger partial charge in [0, 0.05) is 29.8 Å². The Morgan fingerprint density at radius 1 is 1.11 bits per heavy atom. The van der Waals surface area contributed by atoms with E-state index in [1.807, 2.05) is 36.4 Å². The molecule has 0 aliphatic rings. The number of carbonyl (C=O) groups is 1. The maximum absolute atomic E-state index is 12.0. The van der Waals surface area contributed by atoms with Crippen molar-refractivity contribution in [2.24, 2.45) is 5.10 Å². The summed E-state index contributed by atoms with van der Waals surface area (Å²) in [5.41, 5.74) is 7.80. The van der Waals surface area contributed by atoms with E-state index in [-0.39, 0.29) is 12.5 Å². The lowest BCUT2D eigenvalue weighted by atomic mass is 10.2. The van der Waals surface area contributed by atoms with Crippen LogP contribution in [0.15, 0.2) is 59.7 Å². The molecule has 0 atom stereocenters. The predicted molar refractivity (Wildman–Crippen MR) is 131 cm³/mol. The van der Waals surface area contributed by atoms with Crippen LogP contribution in [0.4, 0.5) is 5.69 Å². The number of hydrogen-bond acceptors (Lipinski definition) is 3. The molecule has 3 rings (SSSR count). The molecule has 0 aliphatic carbocycles. The zero-order valence-corrected chi connectivity index (χ0v) is 19.9. The van der Waals surface area contributed by atoms with Crippen molar-refractivity contribution in [1.29, 1.82) is 0 Å². The molecule has 0 spiro atoms. The summed E-state index contributed by atoms with van der Waals surface area (Å²) in [6, 6.07) is 18.2. The zero-order chi connectivity index (χ0) is 20.1. The molecule has 0 radical (unpaired) electrons. The van der Waals surface area contributed by atoms with Crippen LogP contribution in [-0.2, 0) is 4.79 Å². The maximum Gasteiger partial charge on any atom is 0.259 e. The second-order valence-corrected chi connectivity index (χ2v) is 8.67. The van der Waals surface area contributed by atoms with E-state index in [4.69, 9.17) is 0 Å². The third-order valence-electron chi connectivity index (χ3n) is 4.25. The van der Waals surface area contributed by atoms with Gasteiger partial charge in [-0.3, -0.25) is 4.79 Å². The van der Waals surface area contributed by atoms with Gasteiger partial charge in [0.15, 0.2) is 0 Å². The fraction of sp³-hybridized carbons (Fsp3) is 0.143. The summed E-state index contributed by atoms with van der Waals surface area (Å²) in [6.07, 6.45) is 1.69. The van der Waals surface area contributed by atoms with Crippen molar-refractivity contribution in [1.82, 2.24) is 9.99 Å². The minimum Gasteiger partial charge on any atom is -0.376 e. The lowest BCUT2D eigenvalue weighted by Gasteiger charge is -2.11. The average Bonchev–Trinajstić information content (AvgIpc) is 2.95. The molecule has 0 saturated heterocycles. The first-order valence-electron chi connectivity index (χ1n) is 8.71. The minimum atomic E-state index is -0.193. The Morgan fingerprint density at radius 2 is 1.82 bits per heavy atom. The van der Waals surface area contributed by atoms with E-state index in [0.29, 0.717) is 0 Å². The van der Waals surface area contributed by atoms with E-state index in [9.17, 15) is 4.79 Å². The quantitative estimate of drug-likeness (QED) is 0.242. The second-order valence-electron chi connectivity index (χ2n) is 6.27. The summed E-state index contributed by atoms with van der Waals surface area (Å²) >= 11 is 4.59. The number of rotatable bonds is 6. The van der Waals surface area contributed by atoms with Crippen molar-refractivity contribution in [2.45, 2.75) is 13.8 Å². The number of amides is 1. The molecule has 0 aliphatic heterocycles. The highest BCUT2D eigenvalue weighted by Gasteiger charge is 2.11. The number of hydrazone groups is 1. The van der Waals surface area contributed by atoms with Crippen LogP contribution in [0.25, 0.3) is 5.69 Å². The van der Waals surface area contributed by atoms with Gasteiger partial charge in [0.1, 0.15) is 0 Å². The topological polar surface area (TPSA) is 58.4 Å². The molecular weight excluding hydrogens is 578 g/mol. The van der Waals surface area contributed by atoms with Crippen LogP contribution in [0.2, 0.25) is 0 Å². The Balaban J connectivity index is 1.63. The molecule has 2 aromatic carbocycles. The molecule has 1 heterocycles. The number of halogens is 2. The minimum absolute atomic E-state index is 0.166. The molecule has 0 saturated carbocycles. The Morgan fingerprint density at radius 3 is 2.54 bits per heavy atom. The SMILES string of the molecule is Cc1cc(/C=N\NC(=O)CNc2ccc(I)cc2)c(C)n1-c1ccccc1I.